The van der Waals surface area contributed by atoms with E-state index in [0.717, 1.165) is 74.1 Å². The van der Waals surface area contributed by atoms with Crippen LogP contribution < -0.4 is 15.4 Å². The predicted octanol–water partition coefficient (Wildman–Crippen LogP) is 5.46. The van der Waals surface area contributed by atoms with Crippen LogP contribution in [0.25, 0.3) is 0 Å². The van der Waals surface area contributed by atoms with Crippen molar-refractivity contribution < 1.29 is 23.4 Å². The van der Waals surface area contributed by atoms with Crippen LogP contribution in [-0.2, 0) is 23.1 Å². The number of aryl methyl sites for hydroxylation is 2. The normalized spacial score (nSPS) is 13.7. The van der Waals surface area contributed by atoms with E-state index in [-0.39, 0.29) is 17.8 Å². The van der Waals surface area contributed by atoms with E-state index in [1.807, 2.05) is 20.8 Å². The number of hydrogen-bond acceptors (Lipinski definition) is 8. The smallest absolute Gasteiger partial charge is 0.326 e. The van der Waals surface area contributed by atoms with Crippen molar-refractivity contribution in [2.45, 2.75) is 70.8 Å². The molecule has 0 saturated carbocycles. The summed E-state index contributed by atoms with van der Waals surface area (Å²) in [4.78, 5) is 27.6. The molecule has 4 rings (SSSR count). The van der Waals surface area contributed by atoms with Gasteiger partial charge in [0.25, 0.3) is 0 Å². The van der Waals surface area contributed by atoms with E-state index in [0.29, 0.717) is 31.9 Å². The van der Waals surface area contributed by atoms with E-state index in [9.17, 15) is 18.7 Å². The van der Waals surface area contributed by atoms with Crippen molar-refractivity contribution >= 4 is 17.6 Å². The fraction of sp³-hybridized carbons (Fsp3) is 0.500. The monoisotopic (exact) mass is 596 g/mol. The molecule has 0 saturated heterocycles. The molecule has 1 aliphatic rings. The predicted molar refractivity (Wildman–Crippen MR) is 163 cm³/mol. The molecule has 0 fully saturated rings. The highest BCUT2D eigenvalue weighted by atomic mass is 19.1. The Morgan fingerprint density at radius 2 is 1.88 bits per heavy atom. The zero-order valence-corrected chi connectivity index (χ0v) is 25.2. The lowest BCUT2D eigenvalue weighted by Crippen LogP contribution is -2.37. The number of hydrogen-bond donors (Lipinski definition) is 3. The van der Waals surface area contributed by atoms with Crippen molar-refractivity contribution in [3.05, 3.63) is 71.3 Å². The topological polar surface area (TPSA) is 113 Å². The number of aromatic nitrogens is 3. The number of halogens is 2. The Morgan fingerprint density at radius 3 is 2.63 bits per heavy atom. The zero-order chi connectivity index (χ0) is 30.8. The summed E-state index contributed by atoms with van der Waals surface area (Å²) in [6, 6.07) is 8.26. The molecule has 2 aromatic heterocycles. The van der Waals surface area contributed by atoms with Crippen LogP contribution in [0.15, 0.2) is 42.7 Å². The number of carboxylic acid groups (broad SMARTS) is 1. The molecule has 0 amide bonds. The summed E-state index contributed by atoms with van der Waals surface area (Å²) in [5, 5.41) is 16.4. The third-order valence-electron chi connectivity index (χ3n) is 7.41. The minimum absolute atomic E-state index is 0.119. The van der Waals surface area contributed by atoms with Crippen LogP contribution in [0.2, 0.25) is 0 Å². The molecule has 1 unspecified atom stereocenters. The molecule has 3 N–H and O–H groups in total. The lowest BCUT2D eigenvalue weighted by molar-refractivity contribution is -0.138. The lowest BCUT2D eigenvalue weighted by Gasteiger charge is -2.25. The van der Waals surface area contributed by atoms with Gasteiger partial charge < -0.3 is 20.5 Å². The molecule has 1 aliphatic heterocycles. The van der Waals surface area contributed by atoms with Crippen molar-refractivity contribution in [3.8, 4) is 5.75 Å². The number of nitrogens with zero attached hydrogens (tertiary/aromatic N) is 4. The number of ether oxygens (including phenoxy) is 1. The number of rotatable bonds is 15. The van der Waals surface area contributed by atoms with Crippen LogP contribution in [0.5, 0.6) is 5.75 Å². The third kappa shape index (κ3) is 10.1. The molecule has 232 valence electrons. The van der Waals surface area contributed by atoms with E-state index in [1.54, 1.807) is 6.07 Å². The highest BCUT2D eigenvalue weighted by Gasteiger charge is 2.22. The maximum absolute atomic E-state index is 13.6. The number of pyridine rings is 1. The Balaban J connectivity index is 1.34. The van der Waals surface area contributed by atoms with Crippen molar-refractivity contribution in [2.24, 2.45) is 0 Å². The van der Waals surface area contributed by atoms with Crippen molar-refractivity contribution in [1.29, 1.82) is 0 Å². The van der Waals surface area contributed by atoms with E-state index in [2.05, 4.69) is 37.6 Å². The highest BCUT2D eigenvalue weighted by molar-refractivity contribution is 5.76. The molecule has 1 atom stereocenters. The van der Waals surface area contributed by atoms with Crippen molar-refractivity contribution in [2.75, 3.05) is 43.4 Å². The van der Waals surface area contributed by atoms with Gasteiger partial charge in [-0.3, -0.25) is 4.90 Å². The van der Waals surface area contributed by atoms with Gasteiger partial charge in [-0.2, -0.15) is 0 Å². The first-order valence-corrected chi connectivity index (χ1v) is 14.9. The molecule has 3 aromatic rings. The van der Waals surface area contributed by atoms with Gasteiger partial charge in [0.1, 0.15) is 48.0 Å². The van der Waals surface area contributed by atoms with Crippen LogP contribution in [0, 0.1) is 11.6 Å². The standard InChI is InChI=1S/C32H42F2N6O3/c1-32(2,3)28-20-29(37-21-36-28)39-27(31(41)42)11-14-40(15-16-43-26-18-23(33)17-24(34)19-26)13-5-4-8-25-10-9-22-7-6-12-35-30(22)38-25/h9-10,17-21,27H,4-8,11-16H2,1-3H3,(H,35,38)(H,41,42)(H,36,37,39). The summed E-state index contributed by atoms with van der Waals surface area (Å²) in [7, 11) is 0. The Bertz CT molecular complexity index is 1350. The molecular weight excluding hydrogens is 554 g/mol. The van der Waals surface area contributed by atoms with Crippen molar-refractivity contribution in [1.82, 2.24) is 19.9 Å². The van der Waals surface area contributed by atoms with Gasteiger partial charge in [0.15, 0.2) is 0 Å². The van der Waals surface area contributed by atoms with Gasteiger partial charge in [-0.25, -0.2) is 28.5 Å². The Kier molecular flexibility index (Phi) is 11.2. The van der Waals surface area contributed by atoms with E-state index < -0.39 is 23.6 Å². The first kappa shape index (κ1) is 32.1. The second-order valence-electron chi connectivity index (χ2n) is 12.0. The minimum atomic E-state index is -0.977. The maximum atomic E-state index is 13.6. The third-order valence-corrected chi connectivity index (χ3v) is 7.41. The molecule has 1 aromatic carbocycles. The van der Waals surface area contributed by atoms with Crippen molar-refractivity contribution in [3.63, 3.8) is 0 Å². The van der Waals surface area contributed by atoms with Gasteiger partial charge >= 0.3 is 5.97 Å². The van der Waals surface area contributed by atoms with Crippen LogP contribution in [-0.4, -0.2) is 69.8 Å². The lowest BCUT2D eigenvalue weighted by atomic mass is 9.92. The van der Waals surface area contributed by atoms with Gasteiger partial charge in [-0.05, 0) is 56.7 Å². The fourth-order valence-electron chi connectivity index (χ4n) is 4.98. The first-order chi connectivity index (χ1) is 20.6. The van der Waals surface area contributed by atoms with Gasteiger partial charge in [0.05, 0.1) is 5.69 Å². The average molecular weight is 597 g/mol. The summed E-state index contributed by atoms with van der Waals surface area (Å²) in [5.41, 5.74) is 2.92. The molecule has 0 bridgehead atoms. The van der Waals surface area contributed by atoms with Gasteiger partial charge in [-0.1, -0.05) is 26.8 Å². The second-order valence-corrected chi connectivity index (χ2v) is 12.0. The number of fused-ring (bicyclic) bond motifs is 1. The maximum Gasteiger partial charge on any atom is 0.326 e. The number of carbonyl (C=O) groups is 1. The van der Waals surface area contributed by atoms with Crippen LogP contribution in [0.3, 0.4) is 0 Å². The summed E-state index contributed by atoms with van der Waals surface area (Å²) in [5.74, 6) is -0.813. The number of nitrogens with one attached hydrogen (secondary N) is 2. The van der Waals surface area contributed by atoms with Gasteiger partial charge in [-0.15, -0.1) is 0 Å². The number of anilines is 2. The molecule has 0 aliphatic carbocycles. The SMILES string of the molecule is CC(C)(C)c1cc(NC(CCN(CCCCc2ccc3c(n2)NCCC3)CCOc2cc(F)cc(F)c2)C(=O)O)ncn1. The average Bonchev–Trinajstić information content (AvgIpc) is 2.96. The summed E-state index contributed by atoms with van der Waals surface area (Å²) in [6.45, 7) is 8.89. The van der Waals surface area contributed by atoms with Gasteiger partial charge in [0.2, 0.25) is 0 Å². The van der Waals surface area contributed by atoms with Crippen LogP contribution in [0.1, 0.15) is 63.4 Å². The number of unbranched alkanes of at least 4 members (excludes halogenated alkanes) is 1. The fourth-order valence-corrected chi connectivity index (χ4v) is 4.98. The summed E-state index contributed by atoms with van der Waals surface area (Å²) >= 11 is 0. The van der Waals surface area contributed by atoms with Crippen LogP contribution in [0.4, 0.5) is 20.4 Å². The van der Waals surface area contributed by atoms with E-state index in [4.69, 9.17) is 9.72 Å². The van der Waals surface area contributed by atoms with E-state index >= 15 is 0 Å². The Morgan fingerprint density at radius 1 is 1.09 bits per heavy atom. The quantitative estimate of drug-likeness (QED) is 0.197. The molecule has 3 heterocycles. The van der Waals surface area contributed by atoms with Gasteiger partial charge in [0, 0.05) is 55.0 Å². The minimum Gasteiger partial charge on any atom is -0.492 e. The summed E-state index contributed by atoms with van der Waals surface area (Å²) < 4.78 is 32.8. The number of benzene rings is 1. The second kappa shape index (κ2) is 15.0. The molecule has 0 radical (unpaired) electrons. The Labute approximate surface area is 252 Å². The number of aliphatic carboxylic acids is 1. The Hall–Kier alpha value is -3.86. The number of carboxylic acids is 1. The molecular formula is C32H42F2N6O3. The van der Waals surface area contributed by atoms with E-state index in [1.165, 1.54) is 11.9 Å². The van der Waals surface area contributed by atoms with Crippen LogP contribution >= 0.6 is 0 Å². The highest BCUT2D eigenvalue weighted by Crippen LogP contribution is 2.22. The molecule has 43 heavy (non-hydrogen) atoms. The summed E-state index contributed by atoms with van der Waals surface area (Å²) in [6.07, 6.45) is 6.55. The zero-order valence-electron chi connectivity index (χ0n) is 25.2. The first-order valence-electron chi connectivity index (χ1n) is 14.9. The molecule has 0 spiro atoms. The molecule has 9 nitrogen and oxygen atoms in total. The molecule has 11 heteroatoms. The largest absolute Gasteiger partial charge is 0.492 e.